The molecule has 1 aromatic heterocycles. The second kappa shape index (κ2) is 4.59. The molecule has 1 heterocycles. The molecule has 0 saturated heterocycles. The summed E-state index contributed by atoms with van der Waals surface area (Å²) in [4.78, 5) is 25.9. The molecule has 1 N–H and O–H groups in total. The van der Waals surface area contributed by atoms with Crippen LogP contribution in [-0.4, -0.2) is 9.55 Å². The van der Waals surface area contributed by atoms with E-state index in [1.54, 1.807) is 0 Å². The minimum absolute atomic E-state index is 0.0377. The number of hydrogen-bond acceptors (Lipinski definition) is 2. The van der Waals surface area contributed by atoms with Gasteiger partial charge in [-0.05, 0) is 19.1 Å². The van der Waals surface area contributed by atoms with E-state index >= 15 is 0 Å². The quantitative estimate of drug-likeness (QED) is 0.819. The smallest absolute Gasteiger partial charge is 0.297 e. The van der Waals surface area contributed by atoms with Crippen LogP contribution in [0.4, 0.5) is 4.39 Å². The van der Waals surface area contributed by atoms with Crippen molar-refractivity contribution < 1.29 is 4.39 Å². The average molecular weight is 289 g/mol. The molecule has 0 fully saturated rings. The van der Waals surface area contributed by atoms with Crippen LogP contribution in [0.2, 0.25) is 10.2 Å². The Balaban J connectivity index is 2.94. The molecule has 7 heteroatoms. The number of para-hydroxylation sites is 1. The molecule has 0 aliphatic heterocycles. The van der Waals surface area contributed by atoms with E-state index in [-0.39, 0.29) is 21.4 Å². The first-order valence-corrected chi connectivity index (χ1v) is 5.65. The highest BCUT2D eigenvalue weighted by atomic mass is 35.5. The van der Waals surface area contributed by atoms with Gasteiger partial charge in [0.05, 0.1) is 10.6 Å². The normalized spacial score (nSPS) is 10.7. The molecule has 94 valence electrons. The number of benzene rings is 1. The first kappa shape index (κ1) is 12.9. The molecule has 0 aliphatic carbocycles. The highest BCUT2D eigenvalue weighted by Gasteiger charge is 2.16. The van der Waals surface area contributed by atoms with Crippen molar-refractivity contribution in [3.8, 4) is 5.69 Å². The molecule has 2 aromatic rings. The van der Waals surface area contributed by atoms with Crippen molar-refractivity contribution in [2.75, 3.05) is 0 Å². The van der Waals surface area contributed by atoms with Crippen LogP contribution < -0.4 is 11.2 Å². The monoisotopic (exact) mass is 288 g/mol. The van der Waals surface area contributed by atoms with E-state index in [9.17, 15) is 14.0 Å². The predicted molar refractivity (Wildman–Crippen MR) is 67.4 cm³/mol. The number of halogens is 3. The fourth-order valence-corrected chi connectivity index (χ4v) is 1.91. The largest absolute Gasteiger partial charge is 0.334 e. The standard InChI is InChI=1S/C11H7Cl2FN2O2/c1-5-9(13)15-11(18)16(10(5)17)8-6(12)3-2-4-7(8)14/h2-4H,1H3,(H,15,18). The van der Waals surface area contributed by atoms with E-state index < -0.39 is 17.1 Å². The zero-order valence-electron chi connectivity index (χ0n) is 9.13. The molecule has 0 radical (unpaired) electrons. The Bertz CT molecular complexity index is 717. The summed E-state index contributed by atoms with van der Waals surface area (Å²) in [5.41, 5.74) is -1.74. The molecule has 0 bridgehead atoms. The van der Waals surface area contributed by atoms with E-state index in [1.807, 2.05) is 0 Å². The van der Waals surface area contributed by atoms with Crippen LogP contribution in [0.1, 0.15) is 5.56 Å². The van der Waals surface area contributed by atoms with Crippen LogP contribution >= 0.6 is 23.2 Å². The van der Waals surface area contributed by atoms with Crippen molar-refractivity contribution in [3.05, 3.63) is 60.6 Å². The minimum atomic E-state index is -0.845. The van der Waals surface area contributed by atoms with Gasteiger partial charge in [-0.25, -0.2) is 13.8 Å². The average Bonchev–Trinajstić information content (AvgIpc) is 2.30. The van der Waals surface area contributed by atoms with Crippen molar-refractivity contribution in [1.82, 2.24) is 9.55 Å². The number of rotatable bonds is 1. The summed E-state index contributed by atoms with van der Waals surface area (Å²) in [6.45, 7) is 1.42. The number of aromatic nitrogens is 2. The highest BCUT2D eigenvalue weighted by molar-refractivity contribution is 6.32. The topological polar surface area (TPSA) is 54.9 Å². The van der Waals surface area contributed by atoms with Crippen LogP contribution in [0, 0.1) is 12.7 Å². The van der Waals surface area contributed by atoms with Gasteiger partial charge >= 0.3 is 5.69 Å². The first-order chi connectivity index (χ1) is 8.43. The summed E-state index contributed by atoms with van der Waals surface area (Å²) in [6.07, 6.45) is 0. The Morgan fingerprint density at radius 3 is 2.56 bits per heavy atom. The van der Waals surface area contributed by atoms with Gasteiger partial charge in [0.25, 0.3) is 5.56 Å². The van der Waals surface area contributed by atoms with Crippen LogP contribution in [0.15, 0.2) is 27.8 Å². The maximum Gasteiger partial charge on any atom is 0.334 e. The lowest BCUT2D eigenvalue weighted by molar-refractivity contribution is 0.612. The van der Waals surface area contributed by atoms with E-state index in [0.717, 1.165) is 6.07 Å². The van der Waals surface area contributed by atoms with Crippen molar-refractivity contribution in [2.45, 2.75) is 6.92 Å². The summed E-state index contributed by atoms with van der Waals surface area (Å²) in [5.74, 6) is -0.767. The third kappa shape index (κ3) is 1.95. The lowest BCUT2D eigenvalue weighted by Crippen LogP contribution is -2.36. The molecule has 0 amide bonds. The van der Waals surface area contributed by atoms with Crippen molar-refractivity contribution in [2.24, 2.45) is 0 Å². The van der Waals surface area contributed by atoms with Gasteiger partial charge in [-0.1, -0.05) is 29.3 Å². The lowest BCUT2D eigenvalue weighted by Gasteiger charge is -2.09. The molecule has 0 atom stereocenters. The molecule has 18 heavy (non-hydrogen) atoms. The Labute approximate surface area is 111 Å². The van der Waals surface area contributed by atoms with Crippen LogP contribution in [0.5, 0.6) is 0 Å². The zero-order chi connectivity index (χ0) is 13.4. The molecule has 0 aliphatic rings. The second-order valence-corrected chi connectivity index (χ2v) is 4.37. The van der Waals surface area contributed by atoms with Gasteiger partial charge < -0.3 is 0 Å². The number of nitrogens with one attached hydrogen (secondary N) is 1. The number of hydrogen-bond donors (Lipinski definition) is 1. The van der Waals surface area contributed by atoms with E-state index in [1.165, 1.54) is 19.1 Å². The summed E-state index contributed by atoms with van der Waals surface area (Å²) in [7, 11) is 0. The van der Waals surface area contributed by atoms with Gasteiger partial charge in [0, 0.05) is 0 Å². The third-order valence-electron chi connectivity index (χ3n) is 2.43. The van der Waals surface area contributed by atoms with Gasteiger partial charge in [-0.15, -0.1) is 0 Å². The molecular formula is C11H7Cl2FN2O2. The predicted octanol–water partition coefficient (Wildman–Crippen LogP) is 2.28. The third-order valence-corrected chi connectivity index (χ3v) is 3.12. The molecule has 0 saturated carbocycles. The van der Waals surface area contributed by atoms with E-state index in [0.29, 0.717) is 4.57 Å². The van der Waals surface area contributed by atoms with Gasteiger partial charge in [0.15, 0.2) is 0 Å². The van der Waals surface area contributed by atoms with E-state index in [2.05, 4.69) is 4.98 Å². The number of H-pyrrole nitrogens is 1. The Morgan fingerprint density at radius 1 is 1.28 bits per heavy atom. The van der Waals surface area contributed by atoms with Gasteiger partial charge in [-0.2, -0.15) is 0 Å². The minimum Gasteiger partial charge on any atom is -0.297 e. The maximum absolute atomic E-state index is 13.7. The van der Waals surface area contributed by atoms with Gasteiger partial charge in [0.1, 0.15) is 16.7 Å². The van der Waals surface area contributed by atoms with Crippen LogP contribution in [0.25, 0.3) is 5.69 Å². The fraction of sp³-hybridized carbons (Fsp3) is 0.0909. The SMILES string of the molecule is Cc1c(Cl)[nH]c(=O)n(-c2c(F)cccc2Cl)c1=O. The summed E-state index contributed by atoms with van der Waals surface area (Å²) in [6, 6.07) is 3.87. The highest BCUT2D eigenvalue weighted by Crippen LogP contribution is 2.21. The van der Waals surface area contributed by atoms with Crippen LogP contribution in [0.3, 0.4) is 0 Å². The lowest BCUT2D eigenvalue weighted by atomic mass is 10.3. The Kier molecular flexibility index (Phi) is 3.28. The molecule has 4 nitrogen and oxygen atoms in total. The molecular weight excluding hydrogens is 282 g/mol. The Morgan fingerprint density at radius 2 is 1.94 bits per heavy atom. The maximum atomic E-state index is 13.7. The first-order valence-electron chi connectivity index (χ1n) is 4.89. The molecule has 0 unspecified atom stereocenters. The van der Waals surface area contributed by atoms with Gasteiger partial charge in [0.2, 0.25) is 0 Å². The molecule has 0 spiro atoms. The summed E-state index contributed by atoms with van der Waals surface area (Å²) >= 11 is 11.5. The van der Waals surface area contributed by atoms with Crippen molar-refractivity contribution in [1.29, 1.82) is 0 Å². The molecule has 2 rings (SSSR count). The number of aromatic amines is 1. The Hall–Kier alpha value is -1.59. The summed E-state index contributed by atoms with van der Waals surface area (Å²) in [5, 5.41) is -0.113. The number of nitrogens with zero attached hydrogens (tertiary/aromatic N) is 1. The van der Waals surface area contributed by atoms with Gasteiger partial charge in [-0.3, -0.25) is 9.78 Å². The van der Waals surface area contributed by atoms with E-state index in [4.69, 9.17) is 23.2 Å². The fourth-order valence-electron chi connectivity index (χ4n) is 1.50. The van der Waals surface area contributed by atoms with Crippen LogP contribution in [-0.2, 0) is 0 Å². The summed E-state index contributed by atoms with van der Waals surface area (Å²) < 4.78 is 14.3. The van der Waals surface area contributed by atoms with Crippen molar-refractivity contribution in [3.63, 3.8) is 0 Å². The zero-order valence-corrected chi connectivity index (χ0v) is 10.6. The van der Waals surface area contributed by atoms with Crippen molar-refractivity contribution >= 4 is 23.2 Å². The second-order valence-electron chi connectivity index (χ2n) is 3.58. The molecule has 1 aromatic carbocycles.